The van der Waals surface area contributed by atoms with Crippen LogP contribution in [-0.2, 0) is 49.5 Å². The first-order valence-corrected chi connectivity index (χ1v) is 19.9. The topological polar surface area (TPSA) is 234 Å². The molecular formula is C40H62N8O10. The van der Waals surface area contributed by atoms with Crippen molar-refractivity contribution >= 4 is 47.8 Å². The smallest absolute Gasteiger partial charge is 0.328 e. The molecule has 2 aliphatic rings. The van der Waals surface area contributed by atoms with Gasteiger partial charge in [-0.2, -0.15) is 0 Å². The Morgan fingerprint density at radius 3 is 2.12 bits per heavy atom. The van der Waals surface area contributed by atoms with E-state index in [9.17, 15) is 38.4 Å². The van der Waals surface area contributed by atoms with Crippen LogP contribution in [0.2, 0.25) is 0 Å². The molecule has 18 nitrogen and oxygen atoms in total. The highest BCUT2D eigenvalue weighted by Crippen LogP contribution is 2.19. The minimum absolute atomic E-state index is 0.0635. The number of cyclic esters (lactones) is 1. The van der Waals surface area contributed by atoms with Crippen molar-refractivity contribution in [2.24, 2.45) is 17.8 Å². The van der Waals surface area contributed by atoms with E-state index in [0.29, 0.717) is 30.7 Å². The van der Waals surface area contributed by atoms with Gasteiger partial charge in [-0.05, 0) is 68.6 Å². The molecule has 0 radical (unpaired) electrons. The minimum Gasteiger partial charge on any atom is -0.497 e. The molecule has 2 fully saturated rings. The lowest BCUT2D eigenvalue weighted by Crippen LogP contribution is -2.66. The van der Waals surface area contributed by atoms with E-state index in [-0.39, 0.29) is 25.2 Å². The van der Waals surface area contributed by atoms with Gasteiger partial charge in [-0.1, -0.05) is 53.7 Å². The van der Waals surface area contributed by atoms with Crippen molar-refractivity contribution in [1.29, 1.82) is 0 Å². The molecular weight excluding hydrogens is 752 g/mol. The van der Waals surface area contributed by atoms with Gasteiger partial charge in [0.25, 0.3) is 5.91 Å². The summed E-state index contributed by atoms with van der Waals surface area (Å²) in [6, 6.07) is -1.80. The number of carbonyl (C=O) groups excluding carboxylic acids is 8. The molecule has 0 bridgehead atoms. The summed E-state index contributed by atoms with van der Waals surface area (Å²) in [4.78, 5) is 111. The number of nitrogens with one attached hydrogen (secondary N) is 6. The van der Waals surface area contributed by atoms with Crippen LogP contribution in [0.5, 0.6) is 5.75 Å². The molecule has 3 rings (SSSR count). The number of benzene rings is 1. The Morgan fingerprint density at radius 2 is 1.55 bits per heavy atom. The molecule has 8 unspecified atom stereocenters. The average Bonchev–Trinajstić information content (AvgIpc) is 3.18. The van der Waals surface area contributed by atoms with Crippen LogP contribution in [0.4, 0.5) is 0 Å². The van der Waals surface area contributed by atoms with Crippen LogP contribution < -0.4 is 36.7 Å². The number of fused-ring (bicyclic) bond motifs is 1. The molecule has 2 saturated heterocycles. The van der Waals surface area contributed by atoms with Crippen LogP contribution in [0.15, 0.2) is 24.3 Å². The molecule has 0 spiro atoms. The van der Waals surface area contributed by atoms with Gasteiger partial charge in [-0.3, -0.25) is 38.6 Å². The highest BCUT2D eigenvalue weighted by atomic mass is 16.5. The van der Waals surface area contributed by atoms with Gasteiger partial charge in [-0.25, -0.2) is 10.2 Å². The van der Waals surface area contributed by atoms with Gasteiger partial charge >= 0.3 is 5.97 Å². The standard InChI is InChI=1S/C40H62N8O10/c1-21(2)18-29-38(54)47(9)24(7)40(56)58-25(8)33(46-36(52)31(22(3)4)41-20-49)37(53)43-28(19-26-13-15-27(57-10)16-14-26)34(50)45-32(23(5)6)39(55)48-30(35(51)44-29)12-11-17-42-48/h13-16,20-25,28-33,42H,11-12,17-19H2,1-10H3,(H,41,49)(H,43,53)(H,44,51)(H,45,50)(H,46,52). The number of methoxy groups -OCH3 is 1. The Hall–Kier alpha value is -5.26. The molecule has 7 amide bonds. The summed E-state index contributed by atoms with van der Waals surface area (Å²) in [6.45, 7) is 13.7. The Labute approximate surface area is 340 Å². The SMILES string of the molecule is COc1ccc(CC2NC(=O)C(NC(=O)C(NC=O)C(C)C)C(C)OC(=O)C(C)N(C)C(=O)C(CC(C)C)NC(=O)C3CCCNN3C(=O)C(C(C)C)NC2=O)cc1. The molecule has 2 heterocycles. The maximum Gasteiger partial charge on any atom is 0.328 e. The van der Waals surface area contributed by atoms with Crippen LogP contribution in [0.25, 0.3) is 0 Å². The van der Waals surface area contributed by atoms with E-state index in [0.717, 1.165) is 4.90 Å². The molecule has 322 valence electrons. The first-order valence-electron chi connectivity index (χ1n) is 19.9. The number of hydrogen-bond donors (Lipinski definition) is 6. The fraction of sp³-hybridized carbons (Fsp3) is 0.650. The number of nitrogens with zero attached hydrogens (tertiary/aromatic N) is 2. The zero-order valence-electron chi connectivity index (χ0n) is 35.3. The van der Waals surface area contributed by atoms with E-state index in [4.69, 9.17) is 9.47 Å². The molecule has 2 aliphatic heterocycles. The first-order chi connectivity index (χ1) is 27.3. The number of ether oxygens (including phenoxy) is 2. The van der Waals surface area contributed by atoms with Gasteiger partial charge in [0.2, 0.25) is 35.9 Å². The highest BCUT2D eigenvalue weighted by molar-refractivity contribution is 5.98. The molecule has 0 aromatic heterocycles. The monoisotopic (exact) mass is 814 g/mol. The molecule has 0 aliphatic carbocycles. The zero-order valence-corrected chi connectivity index (χ0v) is 35.3. The Kier molecular flexibility index (Phi) is 17.5. The lowest BCUT2D eigenvalue weighted by molar-refractivity contribution is -0.161. The maximum absolute atomic E-state index is 14.4. The largest absolute Gasteiger partial charge is 0.497 e. The molecule has 18 heteroatoms. The lowest BCUT2D eigenvalue weighted by atomic mass is 9.98. The van der Waals surface area contributed by atoms with Crippen LogP contribution >= 0.6 is 0 Å². The Morgan fingerprint density at radius 1 is 0.914 bits per heavy atom. The van der Waals surface area contributed by atoms with E-state index in [2.05, 4.69) is 32.0 Å². The third-order valence-corrected chi connectivity index (χ3v) is 10.4. The minimum atomic E-state index is -1.61. The molecule has 58 heavy (non-hydrogen) atoms. The van der Waals surface area contributed by atoms with Crippen LogP contribution in [0.1, 0.15) is 80.2 Å². The number of esters is 1. The first kappa shape index (κ1) is 47.1. The van der Waals surface area contributed by atoms with E-state index in [1.807, 2.05) is 13.8 Å². The number of likely N-dealkylation sites (N-methyl/N-ethyl adjacent to an activating group) is 1. The second-order valence-electron chi connectivity index (χ2n) is 16.1. The summed E-state index contributed by atoms with van der Waals surface area (Å²) in [5.41, 5.74) is 3.61. The fourth-order valence-corrected chi connectivity index (χ4v) is 6.79. The Bertz CT molecular complexity index is 1640. The van der Waals surface area contributed by atoms with Crippen LogP contribution in [0, 0.1) is 17.8 Å². The van der Waals surface area contributed by atoms with Crippen molar-refractivity contribution < 1.29 is 47.8 Å². The third-order valence-electron chi connectivity index (χ3n) is 10.4. The zero-order chi connectivity index (χ0) is 43.4. The quantitative estimate of drug-likeness (QED) is 0.128. The predicted molar refractivity (Wildman–Crippen MR) is 212 cm³/mol. The van der Waals surface area contributed by atoms with Crippen molar-refractivity contribution in [3.63, 3.8) is 0 Å². The number of hydrazine groups is 1. The summed E-state index contributed by atoms with van der Waals surface area (Å²) < 4.78 is 11.0. The molecule has 1 aromatic rings. The van der Waals surface area contributed by atoms with Crippen molar-refractivity contribution in [3.8, 4) is 5.75 Å². The Balaban J connectivity index is 2.18. The normalized spacial score (nSPS) is 26.3. The van der Waals surface area contributed by atoms with Gasteiger partial charge in [0.1, 0.15) is 54.1 Å². The van der Waals surface area contributed by atoms with Crippen molar-refractivity contribution in [2.75, 3.05) is 20.7 Å². The van der Waals surface area contributed by atoms with Gasteiger partial charge in [0.05, 0.1) is 7.11 Å². The van der Waals surface area contributed by atoms with E-state index < -0.39 is 102 Å². The number of rotatable bonds is 11. The molecule has 8 atom stereocenters. The van der Waals surface area contributed by atoms with Gasteiger partial charge in [0, 0.05) is 20.0 Å². The average molecular weight is 815 g/mol. The van der Waals surface area contributed by atoms with Gasteiger partial charge in [0.15, 0.2) is 0 Å². The lowest BCUT2D eigenvalue weighted by Gasteiger charge is -2.39. The second-order valence-corrected chi connectivity index (χ2v) is 16.1. The van der Waals surface area contributed by atoms with Gasteiger partial charge in [-0.15, -0.1) is 0 Å². The third kappa shape index (κ3) is 12.4. The van der Waals surface area contributed by atoms with Crippen molar-refractivity contribution in [3.05, 3.63) is 29.8 Å². The second kappa shape index (κ2) is 21.5. The van der Waals surface area contributed by atoms with E-state index >= 15 is 0 Å². The van der Waals surface area contributed by atoms with Crippen LogP contribution in [0.3, 0.4) is 0 Å². The number of carbonyl (C=O) groups is 8. The highest BCUT2D eigenvalue weighted by Gasteiger charge is 2.42. The summed E-state index contributed by atoms with van der Waals surface area (Å²) >= 11 is 0. The fourth-order valence-electron chi connectivity index (χ4n) is 6.79. The van der Waals surface area contributed by atoms with Gasteiger partial charge < -0.3 is 41.0 Å². The molecule has 0 saturated carbocycles. The number of amides is 7. The van der Waals surface area contributed by atoms with E-state index in [1.165, 1.54) is 33.0 Å². The summed E-state index contributed by atoms with van der Waals surface area (Å²) in [5, 5.41) is 14.5. The van der Waals surface area contributed by atoms with Crippen molar-refractivity contribution in [1.82, 2.24) is 41.9 Å². The predicted octanol–water partition coefficient (Wildman–Crippen LogP) is -0.0626. The summed E-state index contributed by atoms with van der Waals surface area (Å²) in [5.74, 6) is -5.55. The number of hydrogen-bond acceptors (Lipinski definition) is 11. The van der Waals surface area contributed by atoms with Crippen LogP contribution in [-0.4, -0.2) is 127 Å². The summed E-state index contributed by atoms with van der Waals surface area (Å²) in [7, 11) is 2.89. The summed E-state index contributed by atoms with van der Waals surface area (Å²) in [6.07, 6.45) is -0.0808. The van der Waals surface area contributed by atoms with Crippen molar-refractivity contribution in [2.45, 2.75) is 129 Å². The maximum atomic E-state index is 14.4. The van der Waals surface area contributed by atoms with E-state index in [1.54, 1.807) is 52.0 Å². The molecule has 6 N–H and O–H groups in total. The molecule has 1 aromatic carbocycles.